The number of nitrogens with zero attached hydrogens (tertiary/aromatic N) is 4. The maximum Gasteiger partial charge on any atom is 0.173 e. The monoisotopic (exact) mass is 434 g/mol. The lowest BCUT2D eigenvalue weighted by molar-refractivity contribution is 0.710. The SMILES string of the molecule is C=Cn1c(SCCCCCCSc2nc3ccccc3n2C=C)nc2ccccc21. The summed E-state index contributed by atoms with van der Waals surface area (Å²) >= 11 is 3.63. The molecule has 0 bridgehead atoms. The molecule has 0 aliphatic carbocycles. The standard InChI is InChI=1S/C24H26N4S2/c1-3-27-21-15-9-7-13-19(21)25-23(27)29-17-11-5-6-12-18-30-24-26-20-14-8-10-16-22(20)28(24)4-2/h3-4,7-10,13-16H,1-2,5-6,11-12,17-18H2. The van der Waals surface area contributed by atoms with Crippen LogP contribution < -0.4 is 0 Å². The summed E-state index contributed by atoms with van der Waals surface area (Å²) in [4.78, 5) is 9.47. The first-order valence-electron chi connectivity index (χ1n) is 10.3. The first-order valence-corrected chi connectivity index (χ1v) is 12.2. The summed E-state index contributed by atoms with van der Waals surface area (Å²) in [6.45, 7) is 7.87. The first-order chi connectivity index (χ1) is 14.8. The van der Waals surface area contributed by atoms with Gasteiger partial charge in [-0.15, -0.1) is 0 Å². The average molecular weight is 435 g/mol. The number of hydrogen-bond acceptors (Lipinski definition) is 4. The van der Waals surface area contributed by atoms with E-state index in [1.165, 1.54) is 25.7 Å². The Balaban J connectivity index is 1.19. The van der Waals surface area contributed by atoms with Crippen molar-refractivity contribution in [1.82, 2.24) is 19.1 Å². The van der Waals surface area contributed by atoms with Gasteiger partial charge in [-0.3, -0.25) is 9.13 Å². The van der Waals surface area contributed by atoms with Crippen molar-refractivity contribution in [3.05, 3.63) is 61.7 Å². The lowest BCUT2D eigenvalue weighted by Gasteiger charge is -2.04. The zero-order chi connectivity index (χ0) is 20.8. The number of thioether (sulfide) groups is 2. The summed E-state index contributed by atoms with van der Waals surface area (Å²) in [7, 11) is 0. The van der Waals surface area contributed by atoms with Crippen LogP contribution in [-0.2, 0) is 0 Å². The number of imidazole rings is 2. The molecular formula is C24H26N4S2. The molecule has 0 atom stereocenters. The fraction of sp³-hybridized carbons (Fsp3) is 0.250. The van der Waals surface area contributed by atoms with Crippen molar-refractivity contribution in [2.45, 2.75) is 36.0 Å². The lowest BCUT2D eigenvalue weighted by atomic mass is 10.2. The lowest BCUT2D eigenvalue weighted by Crippen LogP contribution is -1.91. The van der Waals surface area contributed by atoms with Crippen molar-refractivity contribution in [2.24, 2.45) is 0 Å². The number of aromatic nitrogens is 4. The molecule has 6 heteroatoms. The molecule has 0 saturated carbocycles. The van der Waals surface area contributed by atoms with E-state index >= 15 is 0 Å². The number of hydrogen-bond donors (Lipinski definition) is 0. The third kappa shape index (κ3) is 4.50. The molecule has 4 rings (SSSR count). The molecule has 0 N–H and O–H groups in total. The topological polar surface area (TPSA) is 35.6 Å². The molecule has 154 valence electrons. The summed E-state index contributed by atoms with van der Waals surface area (Å²) in [5, 5.41) is 2.06. The number of rotatable bonds is 11. The molecule has 30 heavy (non-hydrogen) atoms. The van der Waals surface area contributed by atoms with Crippen LogP contribution in [0.4, 0.5) is 0 Å². The van der Waals surface area contributed by atoms with E-state index in [9.17, 15) is 0 Å². The Bertz CT molecular complexity index is 1070. The molecule has 4 aromatic rings. The zero-order valence-corrected chi connectivity index (χ0v) is 18.7. The molecule has 2 aromatic carbocycles. The van der Waals surface area contributed by atoms with Crippen molar-refractivity contribution in [2.75, 3.05) is 11.5 Å². The Labute approximate surface area is 186 Å². The van der Waals surface area contributed by atoms with Gasteiger partial charge < -0.3 is 0 Å². The summed E-state index contributed by atoms with van der Waals surface area (Å²) in [6.07, 6.45) is 8.57. The van der Waals surface area contributed by atoms with Gasteiger partial charge >= 0.3 is 0 Å². The second-order valence-electron chi connectivity index (χ2n) is 6.98. The Hall–Kier alpha value is -2.44. The third-order valence-electron chi connectivity index (χ3n) is 4.99. The van der Waals surface area contributed by atoms with E-state index in [0.29, 0.717) is 0 Å². The minimum Gasteiger partial charge on any atom is -0.295 e. The Morgan fingerprint density at radius 2 is 1.10 bits per heavy atom. The molecule has 0 radical (unpaired) electrons. The largest absolute Gasteiger partial charge is 0.295 e. The van der Waals surface area contributed by atoms with Gasteiger partial charge in [0, 0.05) is 23.9 Å². The number of unbranched alkanes of at least 4 members (excludes halogenated alkanes) is 3. The molecule has 0 spiro atoms. The molecule has 4 nitrogen and oxygen atoms in total. The van der Waals surface area contributed by atoms with Crippen molar-refractivity contribution in [3.8, 4) is 0 Å². The van der Waals surface area contributed by atoms with Crippen LogP contribution in [0.2, 0.25) is 0 Å². The highest BCUT2D eigenvalue weighted by Gasteiger charge is 2.09. The predicted octanol–water partition coefficient (Wildman–Crippen LogP) is 7.03. The van der Waals surface area contributed by atoms with Crippen molar-refractivity contribution >= 4 is 58.0 Å². The molecule has 0 saturated heterocycles. The zero-order valence-electron chi connectivity index (χ0n) is 17.0. The van der Waals surface area contributed by atoms with E-state index < -0.39 is 0 Å². The van der Waals surface area contributed by atoms with Gasteiger partial charge in [0.1, 0.15) is 0 Å². The highest BCUT2D eigenvalue weighted by molar-refractivity contribution is 7.99. The Morgan fingerprint density at radius 1 is 0.667 bits per heavy atom. The number of para-hydroxylation sites is 4. The average Bonchev–Trinajstić information content (AvgIpc) is 3.32. The van der Waals surface area contributed by atoms with Gasteiger partial charge in [0.15, 0.2) is 10.3 Å². The van der Waals surface area contributed by atoms with Crippen LogP contribution in [0.15, 0.2) is 72.0 Å². The van der Waals surface area contributed by atoms with Crippen molar-refractivity contribution in [1.29, 1.82) is 0 Å². The Morgan fingerprint density at radius 3 is 1.53 bits per heavy atom. The fourth-order valence-corrected chi connectivity index (χ4v) is 5.50. The summed E-state index contributed by atoms with van der Waals surface area (Å²) in [5.74, 6) is 2.16. The molecule has 0 aliphatic rings. The van der Waals surface area contributed by atoms with Gasteiger partial charge in [-0.05, 0) is 37.1 Å². The van der Waals surface area contributed by atoms with Crippen LogP contribution >= 0.6 is 23.5 Å². The van der Waals surface area contributed by atoms with E-state index in [2.05, 4.69) is 46.6 Å². The molecular weight excluding hydrogens is 408 g/mol. The van der Waals surface area contributed by atoms with E-state index in [0.717, 1.165) is 43.9 Å². The van der Waals surface area contributed by atoms with Crippen LogP contribution in [-0.4, -0.2) is 30.6 Å². The maximum absolute atomic E-state index is 4.73. The maximum atomic E-state index is 4.73. The number of benzene rings is 2. The highest BCUT2D eigenvalue weighted by Crippen LogP contribution is 2.27. The predicted molar refractivity (Wildman–Crippen MR) is 132 cm³/mol. The van der Waals surface area contributed by atoms with Gasteiger partial charge in [0.25, 0.3) is 0 Å². The summed E-state index contributed by atoms with van der Waals surface area (Å²) < 4.78 is 4.17. The minimum atomic E-state index is 1.03. The second kappa shape index (κ2) is 10.0. The fourth-order valence-electron chi connectivity index (χ4n) is 3.49. The normalized spacial score (nSPS) is 11.3. The Kier molecular flexibility index (Phi) is 6.97. The summed E-state index contributed by atoms with van der Waals surface area (Å²) in [5.41, 5.74) is 4.31. The van der Waals surface area contributed by atoms with Gasteiger partial charge in [-0.2, -0.15) is 0 Å². The van der Waals surface area contributed by atoms with Crippen LogP contribution in [0.5, 0.6) is 0 Å². The van der Waals surface area contributed by atoms with E-state index in [1.54, 1.807) is 0 Å². The molecule has 0 unspecified atom stereocenters. The van der Waals surface area contributed by atoms with E-state index in [-0.39, 0.29) is 0 Å². The minimum absolute atomic E-state index is 1.03. The van der Waals surface area contributed by atoms with Crippen molar-refractivity contribution in [3.63, 3.8) is 0 Å². The van der Waals surface area contributed by atoms with E-state index in [4.69, 9.17) is 9.97 Å². The third-order valence-corrected chi connectivity index (χ3v) is 7.07. The first kappa shape index (κ1) is 20.8. The second-order valence-corrected chi connectivity index (χ2v) is 9.11. The van der Waals surface area contributed by atoms with Gasteiger partial charge in [-0.1, -0.05) is 73.8 Å². The molecule has 2 heterocycles. The van der Waals surface area contributed by atoms with E-state index in [1.807, 2.05) is 60.2 Å². The molecule has 0 amide bonds. The van der Waals surface area contributed by atoms with Crippen molar-refractivity contribution < 1.29 is 0 Å². The quantitative estimate of drug-likeness (QED) is 0.187. The van der Waals surface area contributed by atoms with Crippen LogP contribution in [0, 0.1) is 0 Å². The van der Waals surface area contributed by atoms with Crippen LogP contribution in [0.25, 0.3) is 34.5 Å². The van der Waals surface area contributed by atoms with Crippen LogP contribution in [0.3, 0.4) is 0 Å². The van der Waals surface area contributed by atoms with Gasteiger partial charge in [-0.25, -0.2) is 9.97 Å². The molecule has 2 aromatic heterocycles. The smallest absolute Gasteiger partial charge is 0.173 e. The summed E-state index contributed by atoms with van der Waals surface area (Å²) in [6, 6.07) is 16.4. The van der Waals surface area contributed by atoms with Crippen LogP contribution in [0.1, 0.15) is 25.7 Å². The molecule has 0 aliphatic heterocycles. The van der Waals surface area contributed by atoms with Gasteiger partial charge in [0.05, 0.1) is 22.1 Å². The van der Waals surface area contributed by atoms with Gasteiger partial charge in [0.2, 0.25) is 0 Å². The number of fused-ring (bicyclic) bond motifs is 2. The molecule has 0 fully saturated rings. The highest BCUT2D eigenvalue weighted by atomic mass is 32.2.